The molecule has 0 amide bonds. The highest BCUT2D eigenvalue weighted by molar-refractivity contribution is 4.92. The third-order valence-electron chi connectivity index (χ3n) is 2.44. The summed E-state index contributed by atoms with van der Waals surface area (Å²) in [6.45, 7) is -0.248. The van der Waals surface area contributed by atoms with Crippen LogP contribution in [-0.2, 0) is 14.2 Å². The van der Waals surface area contributed by atoms with Crippen LogP contribution in [-0.4, -0.2) is 61.7 Å². The van der Waals surface area contributed by atoms with Gasteiger partial charge in [-0.2, -0.15) is 0 Å². The lowest BCUT2D eigenvalue weighted by Gasteiger charge is -2.41. The zero-order chi connectivity index (χ0) is 10.7. The summed E-state index contributed by atoms with van der Waals surface area (Å²) in [5, 5.41) is 18.4. The SMILES string of the molecule is CO[C@@H]1[C@@H](N)[C@@H](O)O[C@H](CO)[C@H]1OC. The first-order valence-electron chi connectivity index (χ1n) is 4.41. The van der Waals surface area contributed by atoms with E-state index in [-0.39, 0.29) is 6.61 Å². The van der Waals surface area contributed by atoms with Crippen LogP contribution in [0.4, 0.5) is 0 Å². The Hall–Kier alpha value is -0.240. The first-order valence-corrected chi connectivity index (χ1v) is 4.41. The van der Waals surface area contributed by atoms with E-state index in [1.807, 2.05) is 0 Å². The molecule has 0 saturated carbocycles. The fraction of sp³-hybridized carbons (Fsp3) is 1.00. The Morgan fingerprint density at radius 2 is 1.86 bits per heavy atom. The van der Waals surface area contributed by atoms with Gasteiger partial charge in [0, 0.05) is 14.2 Å². The molecule has 0 spiro atoms. The van der Waals surface area contributed by atoms with Gasteiger partial charge in [-0.3, -0.25) is 0 Å². The quantitative estimate of drug-likeness (QED) is 0.498. The zero-order valence-electron chi connectivity index (χ0n) is 8.29. The van der Waals surface area contributed by atoms with Crippen LogP contribution in [0.25, 0.3) is 0 Å². The van der Waals surface area contributed by atoms with E-state index < -0.39 is 30.6 Å². The summed E-state index contributed by atoms with van der Waals surface area (Å²) in [7, 11) is 2.95. The van der Waals surface area contributed by atoms with Crippen LogP contribution in [0.2, 0.25) is 0 Å². The molecule has 1 fully saturated rings. The fourth-order valence-electron chi connectivity index (χ4n) is 1.66. The van der Waals surface area contributed by atoms with Crippen LogP contribution in [0.15, 0.2) is 0 Å². The van der Waals surface area contributed by atoms with Gasteiger partial charge in [0.25, 0.3) is 0 Å². The van der Waals surface area contributed by atoms with Crippen LogP contribution >= 0.6 is 0 Å². The van der Waals surface area contributed by atoms with Gasteiger partial charge in [-0.1, -0.05) is 0 Å². The second-order valence-corrected chi connectivity index (χ2v) is 3.23. The predicted octanol–water partition coefficient (Wildman–Crippen LogP) is -1.95. The maximum atomic E-state index is 9.40. The maximum absolute atomic E-state index is 9.40. The average Bonchev–Trinajstić information content (AvgIpc) is 2.20. The molecule has 0 unspecified atom stereocenters. The van der Waals surface area contributed by atoms with Gasteiger partial charge in [-0.05, 0) is 0 Å². The van der Waals surface area contributed by atoms with Crippen LogP contribution in [0.1, 0.15) is 0 Å². The summed E-state index contributed by atoms with van der Waals surface area (Å²) >= 11 is 0. The highest BCUT2D eigenvalue weighted by Crippen LogP contribution is 2.22. The largest absolute Gasteiger partial charge is 0.394 e. The van der Waals surface area contributed by atoms with Gasteiger partial charge < -0.3 is 30.2 Å². The van der Waals surface area contributed by atoms with E-state index in [1.54, 1.807) is 0 Å². The number of rotatable bonds is 3. The van der Waals surface area contributed by atoms with Crippen molar-refractivity contribution < 1.29 is 24.4 Å². The molecule has 1 aliphatic rings. The summed E-state index contributed by atoms with van der Waals surface area (Å²) in [5.41, 5.74) is 5.65. The number of nitrogens with two attached hydrogens (primary N) is 1. The number of aliphatic hydroxyl groups excluding tert-OH is 2. The molecule has 4 N–H and O–H groups in total. The van der Waals surface area contributed by atoms with Gasteiger partial charge in [0.2, 0.25) is 0 Å². The molecule has 1 saturated heterocycles. The molecule has 0 aromatic carbocycles. The highest BCUT2D eigenvalue weighted by atomic mass is 16.6. The molecule has 5 atom stereocenters. The Labute approximate surface area is 82.6 Å². The summed E-state index contributed by atoms with van der Waals surface area (Å²) in [4.78, 5) is 0. The number of methoxy groups -OCH3 is 2. The maximum Gasteiger partial charge on any atom is 0.173 e. The van der Waals surface area contributed by atoms with E-state index in [4.69, 9.17) is 25.1 Å². The summed E-state index contributed by atoms with van der Waals surface area (Å²) < 4.78 is 15.3. The van der Waals surface area contributed by atoms with Crippen LogP contribution in [0.3, 0.4) is 0 Å². The van der Waals surface area contributed by atoms with E-state index in [2.05, 4.69) is 0 Å². The Bertz CT molecular complexity index is 175. The lowest BCUT2D eigenvalue weighted by atomic mass is 9.97. The van der Waals surface area contributed by atoms with Crippen molar-refractivity contribution in [2.24, 2.45) is 5.73 Å². The fourth-order valence-corrected chi connectivity index (χ4v) is 1.66. The van der Waals surface area contributed by atoms with Crippen LogP contribution in [0, 0.1) is 0 Å². The molecule has 84 valence electrons. The van der Waals surface area contributed by atoms with Crippen molar-refractivity contribution in [3.63, 3.8) is 0 Å². The van der Waals surface area contributed by atoms with Crippen LogP contribution < -0.4 is 5.73 Å². The van der Waals surface area contributed by atoms with Gasteiger partial charge in [0.1, 0.15) is 18.3 Å². The second kappa shape index (κ2) is 5.01. The molecule has 6 heteroatoms. The topological polar surface area (TPSA) is 94.2 Å². The van der Waals surface area contributed by atoms with Crippen molar-refractivity contribution in [3.05, 3.63) is 0 Å². The molecule has 1 rings (SSSR count). The number of aliphatic hydroxyl groups is 2. The van der Waals surface area contributed by atoms with E-state index in [0.717, 1.165) is 0 Å². The van der Waals surface area contributed by atoms with E-state index in [9.17, 15) is 5.11 Å². The molecule has 6 nitrogen and oxygen atoms in total. The number of hydrogen-bond acceptors (Lipinski definition) is 6. The molecular weight excluding hydrogens is 190 g/mol. The Morgan fingerprint density at radius 1 is 1.29 bits per heavy atom. The Balaban J connectivity index is 2.75. The lowest BCUT2D eigenvalue weighted by Crippen LogP contribution is -2.63. The van der Waals surface area contributed by atoms with Crippen molar-refractivity contribution in [2.75, 3.05) is 20.8 Å². The van der Waals surface area contributed by atoms with Gasteiger partial charge >= 0.3 is 0 Å². The van der Waals surface area contributed by atoms with Crippen molar-refractivity contribution in [2.45, 2.75) is 30.6 Å². The Morgan fingerprint density at radius 3 is 2.29 bits per heavy atom. The standard InChI is InChI=1S/C8H17NO5/c1-12-6-4(3-10)14-8(11)5(9)7(6)13-2/h4-8,10-11H,3,9H2,1-2H3/t4-,5-,6-,7-,8+/m1/s1. The normalized spacial score (nSPS) is 43.9. The minimum Gasteiger partial charge on any atom is -0.394 e. The summed E-state index contributed by atoms with van der Waals surface area (Å²) in [5.74, 6) is 0. The molecule has 0 radical (unpaired) electrons. The molecule has 0 bridgehead atoms. The van der Waals surface area contributed by atoms with Crippen LogP contribution in [0.5, 0.6) is 0 Å². The van der Waals surface area contributed by atoms with Crippen molar-refractivity contribution >= 4 is 0 Å². The second-order valence-electron chi connectivity index (χ2n) is 3.23. The van der Waals surface area contributed by atoms with Crippen molar-refractivity contribution in [1.82, 2.24) is 0 Å². The minimum absolute atomic E-state index is 0.248. The Kier molecular flexibility index (Phi) is 4.24. The summed E-state index contributed by atoms with van der Waals surface area (Å²) in [6, 6.07) is -0.673. The van der Waals surface area contributed by atoms with E-state index in [0.29, 0.717) is 0 Å². The number of ether oxygens (including phenoxy) is 3. The zero-order valence-corrected chi connectivity index (χ0v) is 8.29. The van der Waals surface area contributed by atoms with Gasteiger partial charge in [0.05, 0.1) is 12.6 Å². The van der Waals surface area contributed by atoms with Gasteiger partial charge in [-0.25, -0.2) is 0 Å². The average molecular weight is 207 g/mol. The first kappa shape index (κ1) is 11.8. The van der Waals surface area contributed by atoms with Crippen molar-refractivity contribution in [3.8, 4) is 0 Å². The minimum atomic E-state index is -1.14. The first-order chi connectivity index (χ1) is 6.65. The third kappa shape index (κ3) is 2.05. The third-order valence-corrected chi connectivity index (χ3v) is 2.44. The predicted molar refractivity (Wildman–Crippen MR) is 47.5 cm³/mol. The number of hydrogen-bond donors (Lipinski definition) is 3. The molecule has 0 aromatic rings. The summed E-state index contributed by atoms with van der Waals surface area (Å²) in [6.07, 6.45) is -2.70. The van der Waals surface area contributed by atoms with E-state index >= 15 is 0 Å². The smallest absolute Gasteiger partial charge is 0.173 e. The highest BCUT2D eigenvalue weighted by Gasteiger charge is 2.43. The monoisotopic (exact) mass is 207 g/mol. The molecule has 1 heterocycles. The van der Waals surface area contributed by atoms with E-state index in [1.165, 1.54) is 14.2 Å². The molecule has 1 aliphatic heterocycles. The lowest BCUT2D eigenvalue weighted by molar-refractivity contribution is -0.258. The molecule has 0 aromatic heterocycles. The van der Waals surface area contributed by atoms with Crippen molar-refractivity contribution in [1.29, 1.82) is 0 Å². The van der Waals surface area contributed by atoms with Gasteiger partial charge in [-0.15, -0.1) is 0 Å². The molecular formula is C8H17NO5. The molecule has 0 aliphatic carbocycles. The molecule has 14 heavy (non-hydrogen) atoms. The van der Waals surface area contributed by atoms with Gasteiger partial charge in [0.15, 0.2) is 6.29 Å².